The van der Waals surface area contributed by atoms with E-state index in [-0.39, 0.29) is 11.8 Å². The van der Waals surface area contributed by atoms with Crippen molar-refractivity contribution in [1.29, 1.82) is 0 Å². The van der Waals surface area contributed by atoms with E-state index in [1.807, 2.05) is 76.1 Å². The summed E-state index contributed by atoms with van der Waals surface area (Å²) < 4.78 is 7.12. The Morgan fingerprint density at radius 1 is 1.00 bits per heavy atom. The first-order chi connectivity index (χ1) is 19.3. The molecule has 0 fully saturated rings. The third kappa shape index (κ3) is 7.10. The average molecular weight is 546 g/mol. The molecule has 1 aliphatic heterocycles. The molecule has 0 saturated carbocycles. The van der Waals surface area contributed by atoms with Gasteiger partial charge in [0.25, 0.3) is 5.91 Å². The molecule has 2 amide bonds. The van der Waals surface area contributed by atoms with Crippen LogP contribution in [0.25, 0.3) is 0 Å². The average Bonchev–Trinajstić information content (AvgIpc) is 3.39. The van der Waals surface area contributed by atoms with Gasteiger partial charge in [0.2, 0.25) is 5.91 Å². The fourth-order valence-electron chi connectivity index (χ4n) is 5.37. The van der Waals surface area contributed by atoms with E-state index in [0.717, 1.165) is 60.6 Å². The number of anilines is 1. The fourth-order valence-corrected chi connectivity index (χ4v) is 5.37. The number of nitrogens with zero attached hydrogens (tertiary/aromatic N) is 5. The van der Waals surface area contributed by atoms with Gasteiger partial charge in [-0.15, -0.1) is 0 Å². The Hall–Kier alpha value is -3.65. The minimum Gasteiger partial charge on any atom is -0.497 e. The number of aryl methyl sites for hydroxylation is 2. The van der Waals surface area contributed by atoms with E-state index in [1.165, 1.54) is 0 Å². The van der Waals surface area contributed by atoms with E-state index < -0.39 is 0 Å². The summed E-state index contributed by atoms with van der Waals surface area (Å²) in [5.41, 5.74) is 4.32. The van der Waals surface area contributed by atoms with Crippen LogP contribution in [0.2, 0.25) is 0 Å². The van der Waals surface area contributed by atoms with Gasteiger partial charge in [0.1, 0.15) is 11.4 Å². The number of amides is 2. The highest BCUT2D eigenvalue weighted by molar-refractivity contribution is 5.96. The van der Waals surface area contributed by atoms with Crippen molar-refractivity contribution in [1.82, 2.24) is 19.6 Å². The van der Waals surface area contributed by atoms with Crippen molar-refractivity contribution in [3.8, 4) is 5.75 Å². The SMILES string of the molecule is CCCn1ccc(C(=O)N2CCN(C(C)C)CCCN(C(=O)Cc3ccc(OC)cc3)c3c(C)cccc3C2)n1. The van der Waals surface area contributed by atoms with Gasteiger partial charge >= 0.3 is 0 Å². The summed E-state index contributed by atoms with van der Waals surface area (Å²) in [6.45, 7) is 12.5. The highest BCUT2D eigenvalue weighted by atomic mass is 16.5. The van der Waals surface area contributed by atoms with Gasteiger partial charge in [-0.1, -0.05) is 37.3 Å². The fraction of sp³-hybridized carbons (Fsp3) is 0.469. The Labute approximate surface area is 238 Å². The minimum atomic E-state index is -0.0821. The number of methoxy groups -OCH3 is 1. The van der Waals surface area contributed by atoms with Crippen LogP contribution in [-0.2, 0) is 24.3 Å². The quantitative estimate of drug-likeness (QED) is 0.421. The van der Waals surface area contributed by atoms with E-state index >= 15 is 0 Å². The van der Waals surface area contributed by atoms with Crippen molar-refractivity contribution in [3.63, 3.8) is 0 Å². The number of rotatable bonds is 7. The molecule has 0 atom stereocenters. The Kier molecular flexibility index (Phi) is 9.98. The largest absolute Gasteiger partial charge is 0.497 e. The summed E-state index contributed by atoms with van der Waals surface area (Å²) in [6.07, 6.45) is 3.97. The van der Waals surface area contributed by atoms with Crippen molar-refractivity contribution in [2.45, 2.75) is 66.1 Å². The molecule has 0 saturated heterocycles. The molecule has 8 heteroatoms. The van der Waals surface area contributed by atoms with Crippen LogP contribution in [0.5, 0.6) is 5.75 Å². The van der Waals surface area contributed by atoms with Gasteiger partial charge in [0.05, 0.1) is 19.2 Å². The van der Waals surface area contributed by atoms with Gasteiger partial charge in [-0.2, -0.15) is 5.10 Å². The summed E-state index contributed by atoms with van der Waals surface area (Å²) in [5, 5.41) is 4.56. The lowest BCUT2D eigenvalue weighted by Crippen LogP contribution is -2.41. The summed E-state index contributed by atoms with van der Waals surface area (Å²) >= 11 is 0. The van der Waals surface area contributed by atoms with Crippen molar-refractivity contribution >= 4 is 17.5 Å². The number of fused-ring (bicyclic) bond motifs is 1. The van der Waals surface area contributed by atoms with Crippen molar-refractivity contribution in [2.75, 3.05) is 38.2 Å². The summed E-state index contributed by atoms with van der Waals surface area (Å²) in [5.74, 6) is 0.735. The maximum absolute atomic E-state index is 13.9. The van der Waals surface area contributed by atoms with Gasteiger partial charge in [0, 0.05) is 51.5 Å². The first kappa shape index (κ1) is 29.3. The lowest BCUT2D eigenvalue weighted by Gasteiger charge is -2.29. The topological polar surface area (TPSA) is 70.9 Å². The predicted octanol–water partition coefficient (Wildman–Crippen LogP) is 4.94. The van der Waals surface area contributed by atoms with Crippen LogP contribution >= 0.6 is 0 Å². The molecular formula is C32H43N5O3. The predicted molar refractivity (Wildman–Crippen MR) is 159 cm³/mol. The van der Waals surface area contributed by atoms with E-state index in [1.54, 1.807) is 7.11 Å². The molecular weight excluding hydrogens is 502 g/mol. The molecule has 0 bridgehead atoms. The molecule has 0 spiro atoms. The van der Waals surface area contributed by atoms with Crippen molar-refractivity contribution < 1.29 is 14.3 Å². The van der Waals surface area contributed by atoms with Crippen LogP contribution in [0.15, 0.2) is 54.7 Å². The van der Waals surface area contributed by atoms with Crippen LogP contribution in [0, 0.1) is 6.92 Å². The molecule has 1 aromatic heterocycles. The highest BCUT2D eigenvalue weighted by Gasteiger charge is 2.27. The summed E-state index contributed by atoms with van der Waals surface area (Å²) in [7, 11) is 1.64. The number of carbonyl (C=O) groups excluding carboxylic acids is 2. The minimum absolute atomic E-state index is 0.0484. The van der Waals surface area contributed by atoms with E-state index in [9.17, 15) is 9.59 Å². The number of ether oxygens (including phenoxy) is 1. The summed E-state index contributed by atoms with van der Waals surface area (Å²) in [6, 6.07) is 15.9. The van der Waals surface area contributed by atoms with Crippen LogP contribution < -0.4 is 9.64 Å². The third-order valence-corrected chi connectivity index (χ3v) is 7.58. The second kappa shape index (κ2) is 13.6. The van der Waals surface area contributed by atoms with Gasteiger partial charge in [-0.25, -0.2) is 0 Å². The van der Waals surface area contributed by atoms with Crippen molar-refractivity contribution in [3.05, 3.63) is 77.1 Å². The zero-order valence-corrected chi connectivity index (χ0v) is 24.6. The lowest BCUT2D eigenvalue weighted by molar-refractivity contribution is -0.118. The molecule has 0 N–H and O–H groups in total. The van der Waals surface area contributed by atoms with Crippen LogP contribution in [0.1, 0.15) is 60.8 Å². The zero-order chi connectivity index (χ0) is 28.6. The number of para-hydroxylation sites is 1. The molecule has 1 aliphatic rings. The molecule has 214 valence electrons. The molecule has 8 nitrogen and oxygen atoms in total. The molecule has 2 aromatic carbocycles. The highest BCUT2D eigenvalue weighted by Crippen LogP contribution is 2.29. The second-order valence-corrected chi connectivity index (χ2v) is 10.8. The molecule has 0 radical (unpaired) electrons. The van der Waals surface area contributed by atoms with Crippen LogP contribution in [-0.4, -0.2) is 70.7 Å². The lowest BCUT2D eigenvalue weighted by atomic mass is 10.0. The smallest absolute Gasteiger partial charge is 0.274 e. The Balaban J connectivity index is 1.69. The van der Waals surface area contributed by atoms with E-state index in [4.69, 9.17) is 4.74 Å². The van der Waals surface area contributed by atoms with E-state index in [2.05, 4.69) is 30.8 Å². The standard InChI is InChI=1S/C32H43N5O3/c1-6-16-36-19-15-29(33-36)32(39)35-21-20-34(24(2)3)17-8-18-37(31-25(4)9-7-10-27(31)23-35)30(38)22-26-11-13-28(40-5)14-12-26/h7,9-15,19,24H,6,8,16-18,20-23H2,1-5H3. The molecule has 4 rings (SSSR count). The Morgan fingerprint density at radius 2 is 1.77 bits per heavy atom. The molecule has 0 unspecified atom stereocenters. The Morgan fingerprint density at radius 3 is 2.48 bits per heavy atom. The zero-order valence-electron chi connectivity index (χ0n) is 24.6. The van der Waals surface area contributed by atoms with E-state index in [0.29, 0.717) is 37.8 Å². The normalized spacial score (nSPS) is 15.1. The molecule has 0 aliphatic carbocycles. The van der Waals surface area contributed by atoms with Gasteiger partial charge in [0.15, 0.2) is 0 Å². The van der Waals surface area contributed by atoms with Gasteiger partial charge in [-0.05, 0) is 68.5 Å². The van der Waals surface area contributed by atoms with Crippen molar-refractivity contribution in [2.24, 2.45) is 0 Å². The first-order valence-electron chi connectivity index (χ1n) is 14.4. The molecule has 2 heterocycles. The van der Waals surface area contributed by atoms with Crippen LogP contribution in [0.3, 0.4) is 0 Å². The van der Waals surface area contributed by atoms with Crippen LogP contribution in [0.4, 0.5) is 5.69 Å². The maximum Gasteiger partial charge on any atom is 0.274 e. The molecule has 40 heavy (non-hydrogen) atoms. The van der Waals surface area contributed by atoms with Gasteiger partial charge in [-0.3, -0.25) is 19.2 Å². The Bertz CT molecular complexity index is 1280. The summed E-state index contributed by atoms with van der Waals surface area (Å²) in [4.78, 5) is 33.9. The van der Waals surface area contributed by atoms with Gasteiger partial charge < -0.3 is 14.5 Å². The number of carbonyl (C=O) groups is 2. The first-order valence-corrected chi connectivity index (χ1v) is 14.4. The number of hydrogen-bond acceptors (Lipinski definition) is 5. The number of hydrogen-bond donors (Lipinski definition) is 0. The third-order valence-electron chi connectivity index (χ3n) is 7.58. The number of benzene rings is 2. The monoisotopic (exact) mass is 545 g/mol. The maximum atomic E-state index is 13.9. The second-order valence-electron chi connectivity index (χ2n) is 10.8. The number of aromatic nitrogens is 2. The molecule has 3 aromatic rings.